The highest BCUT2D eigenvalue weighted by atomic mass is 35.5. The van der Waals surface area contributed by atoms with Gasteiger partial charge in [0.1, 0.15) is 11.4 Å². The molecule has 1 N–H and O–H groups in total. The monoisotopic (exact) mass is 440 g/mol. The third-order valence-electron chi connectivity index (χ3n) is 5.67. The number of anilines is 1. The summed E-state index contributed by atoms with van der Waals surface area (Å²) in [7, 11) is 0. The van der Waals surface area contributed by atoms with Gasteiger partial charge in [-0.2, -0.15) is 0 Å². The molecule has 2 heterocycles. The Balaban J connectivity index is 1.78. The van der Waals surface area contributed by atoms with Crippen LogP contribution in [0.3, 0.4) is 0 Å². The van der Waals surface area contributed by atoms with Crippen LogP contribution in [0, 0.1) is 5.92 Å². The smallest absolute Gasteiger partial charge is 0.282 e. The van der Waals surface area contributed by atoms with Gasteiger partial charge in [-0.1, -0.05) is 29.8 Å². The van der Waals surface area contributed by atoms with Crippen molar-refractivity contribution in [3.63, 3.8) is 0 Å². The molecule has 0 radical (unpaired) electrons. The average molecular weight is 441 g/mol. The fraction of sp³-hybridized carbons (Fsp3) is 0.333. The molecule has 0 aromatic heterocycles. The Bertz CT molecular complexity index is 1020. The molecular weight excluding hydrogens is 416 g/mol. The van der Waals surface area contributed by atoms with E-state index in [4.69, 9.17) is 16.3 Å². The number of aliphatic hydroxyl groups is 1. The van der Waals surface area contributed by atoms with E-state index in [9.17, 15) is 14.7 Å². The Morgan fingerprint density at radius 3 is 2.61 bits per heavy atom. The minimum Gasteiger partial charge on any atom is -0.494 e. The van der Waals surface area contributed by atoms with Gasteiger partial charge in [-0.15, -0.1) is 0 Å². The molecule has 2 amide bonds. The summed E-state index contributed by atoms with van der Waals surface area (Å²) in [5.74, 6) is -0.0596. The lowest BCUT2D eigenvalue weighted by Gasteiger charge is -2.34. The number of imide groups is 1. The minimum absolute atomic E-state index is 0.0578. The number of nitrogens with zero attached hydrogens (tertiary/aromatic N) is 2. The number of rotatable bonds is 6. The number of amides is 2. The minimum atomic E-state index is -0.373. The molecule has 31 heavy (non-hydrogen) atoms. The summed E-state index contributed by atoms with van der Waals surface area (Å²) in [5, 5.41) is 10.2. The molecule has 162 valence electrons. The predicted molar refractivity (Wildman–Crippen MR) is 120 cm³/mol. The Morgan fingerprint density at radius 1 is 1.13 bits per heavy atom. The van der Waals surface area contributed by atoms with E-state index in [1.165, 1.54) is 4.90 Å². The molecule has 2 aliphatic heterocycles. The fourth-order valence-corrected chi connectivity index (χ4v) is 4.35. The van der Waals surface area contributed by atoms with Gasteiger partial charge in [0.05, 0.1) is 17.9 Å². The van der Waals surface area contributed by atoms with Crippen molar-refractivity contribution >= 4 is 34.7 Å². The number of likely N-dealkylation sites (tertiary alicyclic amines) is 1. The molecule has 0 spiro atoms. The van der Waals surface area contributed by atoms with E-state index in [1.54, 1.807) is 48.5 Å². The lowest BCUT2D eigenvalue weighted by molar-refractivity contribution is -0.120. The van der Waals surface area contributed by atoms with E-state index in [0.29, 0.717) is 53.0 Å². The normalized spacial score (nSPS) is 19.4. The Morgan fingerprint density at radius 2 is 1.90 bits per heavy atom. The van der Waals surface area contributed by atoms with Crippen LogP contribution in [-0.2, 0) is 9.59 Å². The maximum Gasteiger partial charge on any atom is 0.282 e. The first kappa shape index (κ1) is 21.4. The molecule has 2 aromatic rings. The van der Waals surface area contributed by atoms with Gasteiger partial charge in [0.15, 0.2) is 0 Å². The van der Waals surface area contributed by atoms with Gasteiger partial charge in [0, 0.05) is 30.8 Å². The zero-order valence-corrected chi connectivity index (χ0v) is 18.1. The van der Waals surface area contributed by atoms with Crippen molar-refractivity contribution in [3.05, 3.63) is 64.8 Å². The number of carbonyl (C=O) groups is 2. The Hall–Kier alpha value is -2.83. The molecule has 0 bridgehead atoms. The zero-order chi connectivity index (χ0) is 22.0. The topological polar surface area (TPSA) is 70.1 Å². The van der Waals surface area contributed by atoms with Crippen LogP contribution in [0.1, 0.15) is 25.3 Å². The van der Waals surface area contributed by atoms with Crippen LogP contribution in [0.25, 0.3) is 5.57 Å². The molecule has 1 atom stereocenters. The van der Waals surface area contributed by atoms with Crippen LogP contribution in [0.15, 0.2) is 54.2 Å². The van der Waals surface area contributed by atoms with Crippen LogP contribution in [0.5, 0.6) is 5.75 Å². The molecule has 0 saturated carbocycles. The molecule has 7 heteroatoms. The summed E-state index contributed by atoms with van der Waals surface area (Å²) in [5.41, 5.74) is 1.86. The third-order valence-corrected chi connectivity index (χ3v) is 5.92. The number of hydrogen-bond donors (Lipinski definition) is 1. The second-order valence-corrected chi connectivity index (χ2v) is 8.18. The van der Waals surface area contributed by atoms with Crippen molar-refractivity contribution in [1.29, 1.82) is 0 Å². The second-order valence-electron chi connectivity index (χ2n) is 7.74. The first-order valence-electron chi connectivity index (χ1n) is 10.5. The fourth-order valence-electron chi connectivity index (χ4n) is 4.22. The first-order chi connectivity index (χ1) is 15.0. The second kappa shape index (κ2) is 9.12. The van der Waals surface area contributed by atoms with Crippen molar-refractivity contribution in [3.8, 4) is 5.75 Å². The summed E-state index contributed by atoms with van der Waals surface area (Å²) in [6.45, 7) is 3.62. The van der Waals surface area contributed by atoms with Gasteiger partial charge < -0.3 is 14.7 Å². The number of halogens is 1. The van der Waals surface area contributed by atoms with E-state index in [1.807, 2.05) is 11.8 Å². The molecule has 1 saturated heterocycles. The van der Waals surface area contributed by atoms with Gasteiger partial charge in [0.2, 0.25) is 0 Å². The molecule has 2 aromatic carbocycles. The van der Waals surface area contributed by atoms with Crippen molar-refractivity contribution < 1.29 is 19.4 Å². The number of ether oxygens (including phenoxy) is 1. The van der Waals surface area contributed by atoms with Crippen molar-refractivity contribution in [2.75, 3.05) is 31.2 Å². The molecule has 6 nitrogen and oxygen atoms in total. The lowest BCUT2D eigenvalue weighted by atomic mass is 9.97. The van der Waals surface area contributed by atoms with E-state index in [0.717, 1.165) is 12.8 Å². The van der Waals surface area contributed by atoms with Crippen LogP contribution >= 0.6 is 11.6 Å². The Labute approximate surface area is 186 Å². The van der Waals surface area contributed by atoms with Gasteiger partial charge >= 0.3 is 0 Å². The highest BCUT2D eigenvalue weighted by Gasteiger charge is 2.43. The number of aliphatic hydroxyl groups excluding tert-OH is 1. The number of piperidine rings is 1. The van der Waals surface area contributed by atoms with Crippen LogP contribution in [-0.4, -0.2) is 48.1 Å². The maximum absolute atomic E-state index is 13.6. The SMILES string of the molecule is CCOc1cccc(N2C(=O)C(c3ccc(Cl)cc3)=C(N3CCCC(CO)C3)C2=O)c1. The zero-order valence-electron chi connectivity index (χ0n) is 17.4. The quantitative estimate of drug-likeness (QED) is 0.693. The molecular formula is C24H25ClN2O4. The average Bonchev–Trinajstić information content (AvgIpc) is 3.05. The van der Waals surface area contributed by atoms with Crippen LogP contribution < -0.4 is 9.64 Å². The van der Waals surface area contributed by atoms with Gasteiger partial charge in [-0.25, -0.2) is 4.90 Å². The van der Waals surface area contributed by atoms with Crippen molar-refractivity contribution in [2.24, 2.45) is 5.92 Å². The van der Waals surface area contributed by atoms with Crippen LogP contribution in [0.4, 0.5) is 5.69 Å². The summed E-state index contributed by atoms with van der Waals surface area (Å²) in [4.78, 5) is 30.3. The van der Waals surface area contributed by atoms with E-state index in [-0.39, 0.29) is 24.3 Å². The largest absolute Gasteiger partial charge is 0.494 e. The molecule has 4 rings (SSSR count). The molecule has 1 fully saturated rings. The predicted octanol–water partition coefficient (Wildman–Crippen LogP) is 3.73. The standard InChI is InChI=1S/C24H25ClN2O4/c1-2-31-20-7-3-6-19(13-20)27-23(29)21(17-8-10-18(25)11-9-17)22(24(27)30)26-12-4-5-16(14-26)15-28/h3,6-11,13,16,28H,2,4-5,12,14-15H2,1H3. The number of hydrogen-bond acceptors (Lipinski definition) is 5. The summed E-state index contributed by atoms with van der Waals surface area (Å²) in [6.07, 6.45) is 1.75. The van der Waals surface area contributed by atoms with Gasteiger partial charge in [0.25, 0.3) is 11.8 Å². The summed E-state index contributed by atoms with van der Waals surface area (Å²) < 4.78 is 5.56. The first-order valence-corrected chi connectivity index (χ1v) is 10.9. The molecule has 0 aliphatic carbocycles. The van der Waals surface area contributed by atoms with Crippen molar-refractivity contribution in [2.45, 2.75) is 19.8 Å². The third kappa shape index (κ3) is 4.18. The Kier molecular flexibility index (Phi) is 6.30. The van der Waals surface area contributed by atoms with Gasteiger partial charge in [-0.05, 0) is 55.5 Å². The summed E-state index contributed by atoms with van der Waals surface area (Å²) in [6, 6.07) is 13.9. The summed E-state index contributed by atoms with van der Waals surface area (Å²) >= 11 is 6.05. The van der Waals surface area contributed by atoms with Gasteiger partial charge in [-0.3, -0.25) is 9.59 Å². The number of benzene rings is 2. The van der Waals surface area contributed by atoms with Crippen molar-refractivity contribution in [1.82, 2.24) is 4.90 Å². The maximum atomic E-state index is 13.6. The van der Waals surface area contributed by atoms with E-state index >= 15 is 0 Å². The van der Waals surface area contributed by atoms with E-state index in [2.05, 4.69) is 0 Å². The highest BCUT2D eigenvalue weighted by Crippen LogP contribution is 2.37. The van der Waals surface area contributed by atoms with E-state index < -0.39 is 0 Å². The number of carbonyl (C=O) groups excluding carboxylic acids is 2. The lowest BCUT2D eigenvalue weighted by Crippen LogP contribution is -2.40. The van der Waals surface area contributed by atoms with Crippen LogP contribution in [0.2, 0.25) is 5.02 Å². The highest BCUT2D eigenvalue weighted by molar-refractivity contribution is 6.45. The molecule has 2 aliphatic rings. The molecule has 1 unspecified atom stereocenters.